The lowest BCUT2D eigenvalue weighted by Crippen LogP contribution is -2.44. The second kappa shape index (κ2) is 8.93. The minimum absolute atomic E-state index is 0.0671. The fraction of sp³-hybridized carbons (Fsp3) is 0.391. The van der Waals surface area contributed by atoms with Crippen molar-refractivity contribution in [2.45, 2.75) is 44.6 Å². The van der Waals surface area contributed by atoms with Crippen molar-refractivity contribution in [1.82, 2.24) is 5.32 Å². The molecule has 0 bridgehead atoms. The molecule has 0 radical (unpaired) electrons. The van der Waals surface area contributed by atoms with Crippen LogP contribution in [0, 0.1) is 22.1 Å². The number of benzene rings is 2. The number of aliphatic hydroxyl groups is 1. The Labute approximate surface area is 198 Å². The molecule has 32 heavy (non-hydrogen) atoms. The number of rotatable bonds is 4. The fourth-order valence-corrected chi connectivity index (χ4v) is 4.95. The highest BCUT2D eigenvalue weighted by atomic mass is 127. The summed E-state index contributed by atoms with van der Waals surface area (Å²) < 4.78 is 36.4. The summed E-state index contributed by atoms with van der Waals surface area (Å²) in [7, 11) is 0. The first-order chi connectivity index (χ1) is 15.2. The molecule has 1 fully saturated rings. The van der Waals surface area contributed by atoms with Gasteiger partial charge in [0.25, 0.3) is 5.91 Å². The molecule has 4 rings (SSSR count). The normalized spacial score (nSPS) is 17.5. The van der Waals surface area contributed by atoms with Crippen molar-refractivity contribution in [1.29, 1.82) is 0 Å². The molecule has 2 aromatic rings. The van der Waals surface area contributed by atoms with Crippen molar-refractivity contribution in [3.05, 3.63) is 56.2 Å². The number of amides is 1. The molecule has 1 saturated carbocycles. The van der Waals surface area contributed by atoms with Gasteiger partial charge in [0.1, 0.15) is 0 Å². The van der Waals surface area contributed by atoms with Gasteiger partial charge in [0.05, 0.1) is 22.4 Å². The Hall–Kier alpha value is -2.27. The summed E-state index contributed by atoms with van der Waals surface area (Å²) in [4.78, 5) is 26.4. The fourth-order valence-electron chi connectivity index (χ4n) is 4.31. The van der Waals surface area contributed by atoms with Gasteiger partial charge in [0, 0.05) is 15.8 Å². The smallest absolute Gasteiger partial charge is 0.342 e. The Bertz CT molecular complexity index is 1090. The molecule has 0 saturated heterocycles. The van der Waals surface area contributed by atoms with Crippen LogP contribution in [0.3, 0.4) is 0 Å². The van der Waals surface area contributed by atoms with Crippen LogP contribution >= 0.6 is 22.6 Å². The predicted molar refractivity (Wildman–Crippen MR) is 123 cm³/mol. The first-order valence-electron chi connectivity index (χ1n) is 10.4. The number of nitrogens with zero attached hydrogens (tertiary/aromatic N) is 1. The number of fused-ring (bicyclic) bond motifs is 1. The predicted octanol–water partition coefficient (Wildman–Crippen LogP) is 4.57. The van der Waals surface area contributed by atoms with Gasteiger partial charge in [0.2, 0.25) is 0 Å². The molecule has 1 heterocycles. The maximum atomic E-state index is 15.2. The third-order valence-electron chi connectivity index (χ3n) is 6.05. The molecule has 0 aromatic heterocycles. The van der Waals surface area contributed by atoms with Crippen molar-refractivity contribution in [2.75, 3.05) is 18.2 Å². The third-order valence-corrected chi connectivity index (χ3v) is 6.72. The van der Waals surface area contributed by atoms with E-state index in [1.165, 1.54) is 4.90 Å². The number of aryl methyl sites for hydroxylation is 1. The second-order valence-electron chi connectivity index (χ2n) is 8.34. The van der Waals surface area contributed by atoms with Gasteiger partial charge in [-0.3, -0.25) is 4.79 Å². The van der Waals surface area contributed by atoms with Crippen LogP contribution < -0.4 is 10.2 Å². The van der Waals surface area contributed by atoms with E-state index >= 15 is 8.78 Å². The molecular formula is C23H23F2IN2O4. The van der Waals surface area contributed by atoms with Gasteiger partial charge in [-0.1, -0.05) is 19.3 Å². The van der Waals surface area contributed by atoms with E-state index in [1.54, 1.807) is 6.07 Å². The summed E-state index contributed by atoms with van der Waals surface area (Å²) in [6.07, 6.45) is 3.76. The number of esters is 1. The van der Waals surface area contributed by atoms with Gasteiger partial charge in [-0.2, -0.15) is 0 Å². The Kier molecular flexibility index (Phi) is 6.39. The molecule has 2 aliphatic rings. The number of anilines is 2. The lowest BCUT2D eigenvalue weighted by molar-refractivity contribution is 0.00519. The average Bonchev–Trinajstić information content (AvgIpc) is 2.76. The minimum atomic E-state index is -1.35. The maximum absolute atomic E-state index is 15.2. The number of halogens is 3. The van der Waals surface area contributed by atoms with Crippen LogP contribution in [-0.2, 0) is 4.74 Å². The van der Waals surface area contributed by atoms with Crippen LogP contribution in [0.1, 0.15) is 58.4 Å². The average molecular weight is 556 g/mol. The van der Waals surface area contributed by atoms with E-state index in [0.29, 0.717) is 18.5 Å². The van der Waals surface area contributed by atoms with E-state index in [9.17, 15) is 14.7 Å². The Balaban J connectivity index is 1.68. The summed E-state index contributed by atoms with van der Waals surface area (Å²) >= 11 is 2.14. The maximum Gasteiger partial charge on any atom is 0.342 e. The Morgan fingerprint density at radius 3 is 2.62 bits per heavy atom. The highest BCUT2D eigenvalue weighted by Gasteiger charge is 2.35. The highest BCUT2D eigenvalue weighted by Crippen LogP contribution is 2.39. The molecule has 0 atom stereocenters. The first-order valence-corrected chi connectivity index (χ1v) is 11.5. The molecule has 170 valence electrons. The highest BCUT2D eigenvalue weighted by molar-refractivity contribution is 14.1. The number of cyclic esters (lactones) is 1. The number of carbonyl (C=O) groups excluding carboxylic acids is 2. The zero-order valence-electron chi connectivity index (χ0n) is 17.5. The van der Waals surface area contributed by atoms with Gasteiger partial charge < -0.3 is 20.1 Å². The lowest BCUT2D eigenvalue weighted by Gasteiger charge is -2.33. The van der Waals surface area contributed by atoms with Gasteiger partial charge in [-0.25, -0.2) is 13.6 Å². The van der Waals surface area contributed by atoms with Crippen molar-refractivity contribution >= 4 is 45.8 Å². The van der Waals surface area contributed by atoms with E-state index in [-0.39, 0.29) is 24.5 Å². The van der Waals surface area contributed by atoms with Crippen molar-refractivity contribution in [3.8, 4) is 0 Å². The van der Waals surface area contributed by atoms with Crippen molar-refractivity contribution in [2.24, 2.45) is 0 Å². The van der Waals surface area contributed by atoms with E-state index in [1.807, 2.05) is 19.1 Å². The summed E-state index contributed by atoms with van der Waals surface area (Å²) in [5.41, 5.74) is -0.786. The molecule has 0 unspecified atom stereocenters. The van der Waals surface area contributed by atoms with Crippen LogP contribution in [0.5, 0.6) is 0 Å². The number of carbonyl (C=O) groups is 2. The largest absolute Gasteiger partial charge is 0.440 e. The topological polar surface area (TPSA) is 78.9 Å². The molecule has 2 aromatic carbocycles. The summed E-state index contributed by atoms with van der Waals surface area (Å²) in [5.74, 6) is -4.37. The standard InChI is InChI=1S/C23H23F2IN2O4/c1-13-9-14(26)5-6-17(13)28-12-32-22(30)16-10-15(18(24)19(25)20(16)28)21(29)27-11-23(31)7-3-2-4-8-23/h5-6,9-10,31H,2-4,7-8,11-12H2,1H3,(H,27,29). The number of ether oxygens (including phenoxy) is 1. The number of hydrogen-bond acceptors (Lipinski definition) is 5. The summed E-state index contributed by atoms with van der Waals surface area (Å²) in [6.45, 7) is 1.48. The van der Waals surface area contributed by atoms with Crippen LogP contribution in [0.2, 0.25) is 0 Å². The van der Waals surface area contributed by atoms with Crippen LogP contribution in [0.15, 0.2) is 24.3 Å². The monoisotopic (exact) mass is 556 g/mol. The zero-order valence-corrected chi connectivity index (χ0v) is 19.7. The molecule has 1 aliphatic heterocycles. The minimum Gasteiger partial charge on any atom is -0.440 e. The van der Waals surface area contributed by atoms with Crippen LogP contribution in [0.25, 0.3) is 0 Å². The molecule has 9 heteroatoms. The third kappa shape index (κ3) is 4.32. The van der Waals surface area contributed by atoms with E-state index in [0.717, 1.165) is 34.5 Å². The molecule has 1 aliphatic carbocycles. The van der Waals surface area contributed by atoms with Crippen molar-refractivity contribution < 1.29 is 28.2 Å². The molecule has 2 N–H and O–H groups in total. The summed E-state index contributed by atoms with van der Waals surface area (Å²) in [6, 6.07) is 6.44. The number of hydrogen-bond donors (Lipinski definition) is 2. The van der Waals surface area contributed by atoms with E-state index in [2.05, 4.69) is 27.9 Å². The van der Waals surface area contributed by atoms with E-state index < -0.39 is 34.7 Å². The Morgan fingerprint density at radius 1 is 1.22 bits per heavy atom. The quantitative estimate of drug-likeness (QED) is 0.427. The molecule has 6 nitrogen and oxygen atoms in total. The number of nitrogens with one attached hydrogen (secondary N) is 1. The lowest BCUT2D eigenvalue weighted by atomic mass is 9.85. The molecule has 1 amide bonds. The van der Waals surface area contributed by atoms with Gasteiger partial charge in [-0.05, 0) is 72.2 Å². The first kappa shape index (κ1) is 22.9. The second-order valence-corrected chi connectivity index (χ2v) is 9.58. The van der Waals surface area contributed by atoms with Gasteiger partial charge in [0.15, 0.2) is 18.4 Å². The zero-order chi connectivity index (χ0) is 23.0. The van der Waals surface area contributed by atoms with Gasteiger partial charge in [-0.15, -0.1) is 0 Å². The van der Waals surface area contributed by atoms with E-state index in [4.69, 9.17) is 4.74 Å². The van der Waals surface area contributed by atoms with Crippen LogP contribution in [-0.4, -0.2) is 35.9 Å². The van der Waals surface area contributed by atoms with Gasteiger partial charge >= 0.3 is 5.97 Å². The Morgan fingerprint density at radius 2 is 1.94 bits per heavy atom. The summed E-state index contributed by atoms with van der Waals surface area (Å²) in [5, 5.41) is 13.1. The van der Waals surface area contributed by atoms with Crippen LogP contribution in [0.4, 0.5) is 20.2 Å². The molecular weight excluding hydrogens is 533 g/mol. The van der Waals surface area contributed by atoms with Crippen molar-refractivity contribution in [3.63, 3.8) is 0 Å². The molecule has 0 spiro atoms. The SMILES string of the molecule is Cc1cc(I)ccc1N1COC(=O)c2cc(C(=O)NCC3(O)CCCCC3)c(F)c(F)c21.